The smallest absolute Gasteiger partial charge is 1.00 e. The zero-order valence-corrected chi connectivity index (χ0v) is 32.8. The average molecular weight is 692 g/mol. The third kappa shape index (κ3) is 9.38. The van der Waals surface area contributed by atoms with Crippen LogP contribution in [0.15, 0.2) is 60.7 Å². The molecule has 1 atom stereocenters. The van der Waals surface area contributed by atoms with Gasteiger partial charge in [-0.3, -0.25) is 0 Å². The van der Waals surface area contributed by atoms with Crippen molar-refractivity contribution in [3.8, 4) is 11.1 Å². The van der Waals surface area contributed by atoms with Gasteiger partial charge in [-0.25, -0.2) is 4.39 Å². The van der Waals surface area contributed by atoms with Crippen molar-refractivity contribution in [2.45, 2.75) is 92.5 Å². The molecule has 0 amide bonds. The van der Waals surface area contributed by atoms with E-state index in [0.717, 1.165) is 0 Å². The maximum absolute atomic E-state index is 14.1. The third-order valence-corrected chi connectivity index (χ3v) is 10.6. The molecule has 0 aliphatic heterocycles. The molecule has 4 aromatic carbocycles. The predicted octanol–water partition coefficient (Wildman–Crippen LogP) is -0.0581. The van der Waals surface area contributed by atoms with Gasteiger partial charge in [0.15, 0.2) is 0 Å². The van der Waals surface area contributed by atoms with E-state index in [4.69, 9.17) is 0 Å². The first-order valence-corrected chi connectivity index (χ1v) is 15.8. The Bertz CT molecular complexity index is 1460. The summed E-state index contributed by atoms with van der Waals surface area (Å²) < 4.78 is 14.1. The summed E-state index contributed by atoms with van der Waals surface area (Å²) in [5.41, 5.74) is 15.2. The fourth-order valence-corrected chi connectivity index (χ4v) is 8.58. The molecule has 0 heterocycles. The zero-order valence-electron chi connectivity index (χ0n) is 27.6. The van der Waals surface area contributed by atoms with E-state index in [1.54, 1.807) is 12.1 Å². The SMILES string of the molecule is Cc1cc(C)cc([SiH2]C(c2ccc(F)cc2)[c-]2c(C)c(C)c(C)c2-c2cc(C(C)(C)C)cc(C(C)(C)C)c2)c1.[Cl-].[Cl-].[Cl-].[Ti+4]. The Morgan fingerprint density at radius 1 is 0.651 bits per heavy atom. The Balaban J connectivity index is 0.00000441. The minimum atomic E-state index is -0.796. The molecule has 1 unspecified atom stereocenters. The number of halogens is 4. The normalized spacial score (nSPS) is 12.2. The second-order valence-corrected chi connectivity index (χ2v) is 15.8. The van der Waals surface area contributed by atoms with Gasteiger partial charge in [0.25, 0.3) is 0 Å². The van der Waals surface area contributed by atoms with Gasteiger partial charge in [0, 0.05) is 0 Å². The topological polar surface area (TPSA) is 0 Å². The molecule has 6 heteroatoms. The molecule has 0 saturated heterocycles. The van der Waals surface area contributed by atoms with Crippen LogP contribution in [0.2, 0.25) is 0 Å². The number of rotatable bonds is 5. The molecule has 0 bridgehead atoms. The maximum Gasteiger partial charge on any atom is 4.00 e. The van der Waals surface area contributed by atoms with Crippen LogP contribution in [0.3, 0.4) is 0 Å². The second-order valence-electron chi connectivity index (χ2n) is 13.8. The van der Waals surface area contributed by atoms with Gasteiger partial charge in [0.2, 0.25) is 0 Å². The van der Waals surface area contributed by atoms with Crippen LogP contribution in [0.25, 0.3) is 11.1 Å². The van der Waals surface area contributed by atoms with Crippen molar-refractivity contribution in [2.24, 2.45) is 0 Å². The third-order valence-electron chi connectivity index (χ3n) is 8.47. The summed E-state index contributed by atoms with van der Waals surface area (Å²) in [6, 6.07) is 21.6. The van der Waals surface area contributed by atoms with E-state index in [9.17, 15) is 4.39 Å². The van der Waals surface area contributed by atoms with Gasteiger partial charge in [0.05, 0.1) is 9.52 Å². The quantitative estimate of drug-likeness (QED) is 0.204. The van der Waals surface area contributed by atoms with E-state index in [1.807, 2.05) is 12.1 Å². The molecule has 0 aliphatic carbocycles. The van der Waals surface area contributed by atoms with Crippen molar-refractivity contribution in [1.82, 2.24) is 0 Å². The Morgan fingerprint density at radius 2 is 1.12 bits per heavy atom. The summed E-state index contributed by atoms with van der Waals surface area (Å²) in [7, 11) is -0.796. The van der Waals surface area contributed by atoms with Crippen LogP contribution in [0.5, 0.6) is 0 Å². The van der Waals surface area contributed by atoms with E-state index in [-0.39, 0.29) is 81.1 Å². The summed E-state index contributed by atoms with van der Waals surface area (Å²) in [6.45, 7) is 25.1. The number of benzene rings is 3. The standard InChI is InChI=1S/C37H46FSi.3ClH.Ti/c1-22-16-23(2)18-32(17-22)39-35(27-12-14-31(38)15-13-27)34-26(5)24(3)25(4)33(34)28-19-29(36(6,7)8)21-30(20-28)37(9,10)11;;;;/h12-21,35H,39H2,1-11H3;3*1H;/q-1;;;;+4/p-3. The zero-order chi connectivity index (χ0) is 28.9. The first kappa shape index (κ1) is 41.7. The largest absolute Gasteiger partial charge is 4.00 e. The van der Waals surface area contributed by atoms with Crippen LogP contribution >= 0.6 is 0 Å². The van der Waals surface area contributed by atoms with Gasteiger partial charge in [-0.2, -0.15) is 11.1 Å². The van der Waals surface area contributed by atoms with Gasteiger partial charge in [-0.05, 0) is 42.4 Å². The summed E-state index contributed by atoms with van der Waals surface area (Å²) in [6.07, 6.45) is 0. The van der Waals surface area contributed by atoms with Gasteiger partial charge in [-0.1, -0.05) is 149 Å². The van der Waals surface area contributed by atoms with Crippen LogP contribution in [0, 0.1) is 40.4 Å². The molecule has 0 radical (unpaired) electrons. The first-order chi connectivity index (χ1) is 18.1. The van der Waals surface area contributed by atoms with Gasteiger partial charge in [-0.15, -0.1) is 16.7 Å². The van der Waals surface area contributed by atoms with E-state index in [0.29, 0.717) is 0 Å². The Morgan fingerprint density at radius 3 is 1.56 bits per heavy atom. The van der Waals surface area contributed by atoms with Gasteiger partial charge < -0.3 is 37.2 Å². The molecule has 0 saturated carbocycles. The molecule has 0 aromatic heterocycles. The van der Waals surface area contributed by atoms with E-state index < -0.39 is 9.52 Å². The van der Waals surface area contributed by atoms with E-state index in [1.165, 1.54) is 66.4 Å². The number of hydrogen-bond donors (Lipinski definition) is 0. The summed E-state index contributed by atoms with van der Waals surface area (Å²) in [5.74, 6) is -0.176. The molecule has 0 aliphatic rings. The van der Waals surface area contributed by atoms with Crippen LogP contribution in [-0.2, 0) is 32.5 Å². The molecule has 43 heavy (non-hydrogen) atoms. The predicted molar refractivity (Wildman–Crippen MR) is 171 cm³/mol. The molecule has 4 rings (SSSR count). The Labute approximate surface area is 296 Å². The molecule has 0 spiro atoms. The fourth-order valence-electron chi connectivity index (χ4n) is 6.01. The minimum Gasteiger partial charge on any atom is -1.00 e. The van der Waals surface area contributed by atoms with Crippen molar-refractivity contribution < 1.29 is 63.3 Å². The number of aryl methyl sites for hydroxylation is 2. The Kier molecular flexibility index (Phi) is 15.4. The van der Waals surface area contributed by atoms with Gasteiger partial charge in [0.1, 0.15) is 5.82 Å². The summed E-state index contributed by atoms with van der Waals surface area (Å²) in [4.78, 5) is 0. The van der Waals surface area contributed by atoms with Crippen LogP contribution in [0.1, 0.15) is 97.2 Å². The molecule has 0 N–H and O–H groups in total. The fraction of sp³-hybridized carbons (Fsp3) is 0.378. The van der Waals surface area contributed by atoms with Crippen molar-refractivity contribution >= 4 is 14.7 Å². The molecule has 0 nitrogen and oxygen atoms in total. The average Bonchev–Trinajstić information content (AvgIpc) is 3.05. The molecule has 4 aromatic rings. The van der Waals surface area contributed by atoms with Crippen molar-refractivity contribution in [3.63, 3.8) is 0 Å². The Hall–Kier alpha value is -1.26. The van der Waals surface area contributed by atoms with Crippen molar-refractivity contribution in [1.29, 1.82) is 0 Å². The number of hydrogen-bond acceptors (Lipinski definition) is 0. The minimum absolute atomic E-state index is 0. The maximum atomic E-state index is 14.1. The molecular formula is C37H46Cl3FSiTi. The first-order valence-electron chi connectivity index (χ1n) is 14.3. The van der Waals surface area contributed by atoms with Crippen LogP contribution in [0.4, 0.5) is 4.39 Å². The van der Waals surface area contributed by atoms with Crippen molar-refractivity contribution in [3.05, 3.63) is 117 Å². The summed E-state index contributed by atoms with van der Waals surface area (Å²) in [5, 5.41) is 1.46. The van der Waals surface area contributed by atoms with E-state index in [2.05, 4.69) is 113 Å². The second kappa shape index (κ2) is 15.8. The van der Waals surface area contributed by atoms with Crippen LogP contribution < -0.4 is 42.4 Å². The van der Waals surface area contributed by atoms with E-state index >= 15 is 0 Å². The molecule has 0 fully saturated rings. The molecule has 230 valence electrons. The van der Waals surface area contributed by atoms with Crippen LogP contribution in [-0.4, -0.2) is 9.52 Å². The van der Waals surface area contributed by atoms with Crippen molar-refractivity contribution in [2.75, 3.05) is 0 Å². The summed E-state index contributed by atoms with van der Waals surface area (Å²) >= 11 is 0. The monoisotopic (exact) mass is 690 g/mol. The molecular weight excluding hydrogens is 646 g/mol. The van der Waals surface area contributed by atoms with Gasteiger partial charge >= 0.3 is 21.7 Å².